The lowest BCUT2D eigenvalue weighted by Gasteiger charge is -2.15. The predicted molar refractivity (Wildman–Crippen MR) is 90.5 cm³/mol. The van der Waals surface area contributed by atoms with Gasteiger partial charge in [-0.3, -0.25) is 9.59 Å². The van der Waals surface area contributed by atoms with Gasteiger partial charge in [0.15, 0.2) is 11.5 Å². The lowest BCUT2D eigenvalue weighted by atomic mass is 9.93. The number of ketones is 1. The molecule has 23 heavy (non-hydrogen) atoms. The van der Waals surface area contributed by atoms with E-state index in [0.29, 0.717) is 16.1 Å². The average Bonchev–Trinajstić information content (AvgIpc) is 2.83. The minimum atomic E-state index is -0.692. The van der Waals surface area contributed by atoms with Crippen LogP contribution < -0.4 is 5.32 Å². The minimum absolute atomic E-state index is 0.0374. The molecule has 6 heteroatoms. The van der Waals surface area contributed by atoms with E-state index in [1.807, 2.05) is 6.07 Å². The first-order valence-electron chi connectivity index (χ1n) is 6.77. The van der Waals surface area contributed by atoms with Gasteiger partial charge in [0, 0.05) is 15.1 Å². The van der Waals surface area contributed by atoms with Crippen LogP contribution in [0.2, 0.25) is 5.02 Å². The number of nitrogens with one attached hydrogen (secondary N) is 1. The maximum absolute atomic E-state index is 12.7. The first-order chi connectivity index (χ1) is 11.0. The summed E-state index contributed by atoms with van der Waals surface area (Å²) in [5, 5.41) is 13.2. The first kappa shape index (κ1) is 15.8. The smallest absolute Gasteiger partial charge is 0.287 e. The molecule has 2 aromatic rings. The Balaban J connectivity index is 2.04. The van der Waals surface area contributed by atoms with Gasteiger partial charge >= 0.3 is 0 Å². The quantitative estimate of drug-likeness (QED) is 0.777. The third-order valence-corrected chi connectivity index (χ3v) is 4.31. The van der Waals surface area contributed by atoms with Crippen molar-refractivity contribution in [3.8, 4) is 0 Å². The molecule has 0 radical (unpaired) electrons. The van der Waals surface area contributed by atoms with Crippen molar-refractivity contribution in [1.82, 2.24) is 5.32 Å². The molecule has 2 aromatic carbocycles. The molecule has 1 aliphatic heterocycles. The van der Waals surface area contributed by atoms with E-state index in [1.54, 1.807) is 42.5 Å². The lowest BCUT2D eigenvalue weighted by molar-refractivity contribution is -0.119. The zero-order chi connectivity index (χ0) is 16.6. The molecule has 3 rings (SSSR count). The maximum Gasteiger partial charge on any atom is 0.287 e. The van der Waals surface area contributed by atoms with Gasteiger partial charge in [-0.05, 0) is 42.0 Å². The Morgan fingerprint density at radius 1 is 1.17 bits per heavy atom. The van der Waals surface area contributed by atoms with Gasteiger partial charge < -0.3 is 10.4 Å². The van der Waals surface area contributed by atoms with E-state index in [2.05, 4.69) is 21.2 Å². The molecule has 0 bridgehead atoms. The van der Waals surface area contributed by atoms with Gasteiger partial charge in [-0.2, -0.15) is 0 Å². The van der Waals surface area contributed by atoms with Crippen LogP contribution in [0.3, 0.4) is 0 Å². The molecule has 0 fully saturated rings. The summed E-state index contributed by atoms with van der Waals surface area (Å²) in [6.45, 7) is 0. The van der Waals surface area contributed by atoms with Crippen molar-refractivity contribution in [2.75, 3.05) is 0 Å². The van der Waals surface area contributed by atoms with Crippen molar-refractivity contribution < 1.29 is 14.7 Å². The molecule has 0 aliphatic carbocycles. The number of carbonyl (C=O) groups is 2. The number of hydrogen-bond acceptors (Lipinski definition) is 3. The molecule has 1 atom stereocenters. The average molecular weight is 393 g/mol. The fourth-order valence-electron chi connectivity index (χ4n) is 2.46. The molecule has 1 heterocycles. The van der Waals surface area contributed by atoms with Crippen molar-refractivity contribution in [2.45, 2.75) is 6.04 Å². The van der Waals surface area contributed by atoms with Crippen LogP contribution in [0.15, 0.2) is 64.3 Å². The van der Waals surface area contributed by atoms with Gasteiger partial charge in [-0.1, -0.05) is 39.7 Å². The molecule has 0 saturated heterocycles. The van der Waals surface area contributed by atoms with Gasteiger partial charge in [0.25, 0.3) is 5.91 Å². The first-order valence-corrected chi connectivity index (χ1v) is 7.94. The summed E-state index contributed by atoms with van der Waals surface area (Å²) in [6, 6.07) is 12.8. The summed E-state index contributed by atoms with van der Waals surface area (Å²) in [5.74, 6) is -1.62. The largest absolute Gasteiger partial charge is 0.503 e. The predicted octanol–water partition coefficient (Wildman–Crippen LogP) is 3.97. The highest BCUT2D eigenvalue weighted by Gasteiger charge is 2.37. The standard InChI is InChI=1S/C17H11BrClNO3/c18-11-3-1-2-10(8-11)14-13(16(22)17(23)20-14)15(21)9-4-6-12(19)7-5-9/h1-8,14,22H,(H,20,23). The Morgan fingerprint density at radius 2 is 1.87 bits per heavy atom. The molecular weight excluding hydrogens is 382 g/mol. The summed E-state index contributed by atoms with van der Waals surface area (Å²) < 4.78 is 0.814. The summed E-state index contributed by atoms with van der Waals surface area (Å²) in [4.78, 5) is 24.6. The second-order valence-electron chi connectivity index (χ2n) is 5.06. The van der Waals surface area contributed by atoms with Crippen molar-refractivity contribution in [2.24, 2.45) is 0 Å². The fourth-order valence-corrected chi connectivity index (χ4v) is 3.01. The van der Waals surface area contributed by atoms with E-state index in [9.17, 15) is 14.7 Å². The molecule has 116 valence electrons. The van der Waals surface area contributed by atoms with E-state index < -0.39 is 23.5 Å². The van der Waals surface area contributed by atoms with Crippen LogP contribution in [0.1, 0.15) is 22.0 Å². The van der Waals surface area contributed by atoms with Gasteiger partial charge in [0.1, 0.15) is 0 Å². The van der Waals surface area contributed by atoms with Crippen LogP contribution >= 0.6 is 27.5 Å². The van der Waals surface area contributed by atoms with Gasteiger partial charge in [-0.25, -0.2) is 0 Å². The van der Waals surface area contributed by atoms with Gasteiger partial charge in [-0.15, -0.1) is 0 Å². The Kier molecular flexibility index (Phi) is 4.24. The molecular formula is C17H11BrClNO3. The number of hydrogen-bond donors (Lipinski definition) is 2. The molecule has 0 aromatic heterocycles. The highest BCUT2D eigenvalue weighted by atomic mass is 79.9. The highest BCUT2D eigenvalue weighted by molar-refractivity contribution is 9.10. The molecule has 2 N–H and O–H groups in total. The number of halogens is 2. The number of carbonyl (C=O) groups excluding carboxylic acids is 2. The molecule has 0 spiro atoms. The van der Waals surface area contributed by atoms with Crippen LogP contribution in [0.4, 0.5) is 0 Å². The van der Waals surface area contributed by atoms with Crippen LogP contribution in [0.25, 0.3) is 0 Å². The van der Waals surface area contributed by atoms with E-state index in [-0.39, 0.29) is 5.57 Å². The molecule has 1 aliphatic rings. The van der Waals surface area contributed by atoms with Crippen LogP contribution in [0, 0.1) is 0 Å². The number of rotatable bonds is 3. The Bertz CT molecular complexity index is 830. The molecule has 1 unspecified atom stereocenters. The van der Waals surface area contributed by atoms with E-state index in [4.69, 9.17) is 11.6 Å². The summed E-state index contributed by atoms with van der Waals surface area (Å²) in [5.41, 5.74) is 1.09. The van der Waals surface area contributed by atoms with Crippen molar-refractivity contribution in [3.05, 3.63) is 80.5 Å². The number of amides is 1. The Labute approximate surface area is 145 Å². The van der Waals surface area contributed by atoms with Crippen LogP contribution in [0.5, 0.6) is 0 Å². The van der Waals surface area contributed by atoms with Crippen molar-refractivity contribution >= 4 is 39.2 Å². The Morgan fingerprint density at radius 3 is 2.52 bits per heavy atom. The minimum Gasteiger partial charge on any atom is -0.503 e. The zero-order valence-corrected chi connectivity index (χ0v) is 14.1. The van der Waals surface area contributed by atoms with Crippen LogP contribution in [-0.2, 0) is 4.79 Å². The maximum atomic E-state index is 12.7. The third kappa shape index (κ3) is 3.02. The number of benzene rings is 2. The van der Waals surface area contributed by atoms with E-state index >= 15 is 0 Å². The molecule has 4 nitrogen and oxygen atoms in total. The lowest BCUT2D eigenvalue weighted by Crippen LogP contribution is -2.23. The highest BCUT2D eigenvalue weighted by Crippen LogP contribution is 2.33. The van der Waals surface area contributed by atoms with Crippen molar-refractivity contribution in [3.63, 3.8) is 0 Å². The summed E-state index contributed by atoms with van der Waals surface area (Å²) in [6.07, 6.45) is 0. The summed E-state index contributed by atoms with van der Waals surface area (Å²) >= 11 is 9.18. The zero-order valence-electron chi connectivity index (χ0n) is 11.7. The number of aliphatic hydroxyl groups is 1. The third-order valence-electron chi connectivity index (χ3n) is 3.57. The number of Topliss-reactive ketones (excluding diaryl/α,β-unsaturated/α-hetero) is 1. The normalized spacial score (nSPS) is 17.3. The van der Waals surface area contributed by atoms with E-state index in [1.165, 1.54) is 0 Å². The van der Waals surface area contributed by atoms with Gasteiger partial charge in [0.2, 0.25) is 0 Å². The SMILES string of the molecule is O=C1NC(c2cccc(Br)c2)C(C(=O)c2ccc(Cl)cc2)=C1O. The van der Waals surface area contributed by atoms with Crippen molar-refractivity contribution in [1.29, 1.82) is 0 Å². The number of aliphatic hydroxyl groups excluding tert-OH is 1. The van der Waals surface area contributed by atoms with Crippen LogP contribution in [-0.4, -0.2) is 16.8 Å². The topological polar surface area (TPSA) is 66.4 Å². The fraction of sp³-hybridized carbons (Fsp3) is 0.0588. The second kappa shape index (κ2) is 6.18. The van der Waals surface area contributed by atoms with E-state index in [0.717, 1.165) is 4.47 Å². The summed E-state index contributed by atoms with van der Waals surface area (Å²) in [7, 11) is 0. The van der Waals surface area contributed by atoms with Gasteiger partial charge in [0.05, 0.1) is 11.6 Å². The molecule has 0 saturated carbocycles. The molecule has 1 amide bonds. The Hall–Kier alpha value is -2.11. The monoisotopic (exact) mass is 391 g/mol. The second-order valence-corrected chi connectivity index (χ2v) is 6.41.